The number of anilines is 2. The lowest BCUT2D eigenvalue weighted by molar-refractivity contribution is -0.393. The highest BCUT2D eigenvalue weighted by atomic mass is 19.1. The number of halogens is 1. The van der Waals surface area contributed by atoms with Crippen molar-refractivity contribution in [1.82, 2.24) is 0 Å². The van der Waals surface area contributed by atoms with Crippen LogP contribution < -0.4 is 9.80 Å². The Morgan fingerprint density at radius 1 is 0.929 bits per heavy atom. The van der Waals surface area contributed by atoms with E-state index in [-0.39, 0.29) is 17.2 Å². The molecule has 0 bridgehead atoms. The third-order valence-corrected chi connectivity index (χ3v) is 4.68. The Morgan fingerprint density at radius 3 is 2.00 bits per heavy atom. The first kappa shape index (κ1) is 19.2. The molecule has 2 aromatic rings. The molecule has 0 radical (unpaired) electrons. The highest BCUT2D eigenvalue weighted by Gasteiger charge is 2.27. The van der Waals surface area contributed by atoms with Gasteiger partial charge in [-0.15, -0.1) is 0 Å². The molecule has 0 aliphatic carbocycles. The molecule has 0 amide bonds. The molecule has 10 heteroatoms. The van der Waals surface area contributed by atoms with Crippen LogP contribution in [0.4, 0.5) is 27.1 Å². The topological polar surface area (TPSA) is 110 Å². The number of rotatable bonds is 5. The molecule has 1 aliphatic heterocycles. The van der Waals surface area contributed by atoms with Crippen molar-refractivity contribution >= 4 is 28.5 Å². The summed E-state index contributed by atoms with van der Waals surface area (Å²) in [6.45, 7) is 2.94. The van der Waals surface area contributed by atoms with Crippen LogP contribution in [0.25, 0.3) is 0 Å². The van der Waals surface area contributed by atoms with Crippen molar-refractivity contribution in [3.05, 3.63) is 68.0 Å². The van der Waals surface area contributed by atoms with E-state index in [1.807, 2.05) is 0 Å². The number of hydrogen-bond donors (Lipinski definition) is 0. The minimum absolute atomic E-state index is 0.222. The lowest BCUT2D eigenvalue weighted by Crippen LogP contribution is -2.47. The van der Waals surface area contributed by atoms with Crippen molar-refractivity contribution in [2.75, 3.05) is 36.0 Å². The zero-order valence-corrected chi connectivity index (χ0v) is 15.0. The molecule has 1 fully saturated rings. The largest absolute Gasteiger partial charge is 0.366 e. The summed E-state index contributed by atoms with van der Waals surface area (Å²) >= 11 is 0. The number of nitro groups is 2. The minimum atomic E-state index is -0.678. The van der Waals surface area contributed by atoms with Gasteiger partial charge in [-0.25, -0.2) is 4.39 Å². The van der Waals surface area contributed by atoms with Gasteiger partial charge in [-0.05, 0) is 31.2 Å². The summed E-state index contributed by atoms with van der Waals surface area (Å²) in [6, 6.07) is 7.86. The van der Waals surface area contributed by atoms with Crippen molar-refractivity contribution < 1.29 is 19.0 Å². The summed E-state index contributed by atoms with van der Waals surface area (Å²) in [5.41, 5.74) is 0.272. The summed E-state index contributed by atoms with van der Waals surface area (Å²) in [6.07, 6.45) is 0. The van der Waals surface area contributed by atoms with Crippen molar-refractivity contribution in [3.8, 4) is 0 Å². The van der Waals surface area contributed by atoms with E-state index in [4.69, 9.17) is 0 Å². The van der Waals surface area contributed by atoms with E-state index in [2.05, 4.69) is 0 Å². The van der Waals surface area contributed by atoms with Crippen LogP contribution in [0.2, 0.25) is 0 Å². The lowest BCUT2D eigenvalue weighted by Gasteiger charge is -2.37. The number of hydrogen-bond acceptors (Lipinski definition) is 7. The van der Waals surface area contributed by atoms with Crippen LogP contribution in [0.15, 0.2) is 36.4 Å². The van der Waals surface area contributed by atoms with Gasteiger partial charge in [-0.3, -0.25) is 25.0 Å². The number of piperazine rings is 1. The smallest absolute Gasteiger partial charge is 0.299 e. The summed E-state index contributed by atoms with van der Waals surface area (Å²) in [5, 5.41) is 22.2. The maximum atomic E-state index is 14.3. The Morgan fingerprint density at radius 2 is 1.50 bits per heavy atom. The van der Waals surface area contributed by atoms with Gasteiger partial charge < -0.3 is 9.80 Å². The predicted molar refractivity (Wildman–Crippen MR) is 101 cm³/mol. The average Bonchev–Trinajstić information content (AvgIpc) is 2.67. The zero-order chi connectivity index (χ0) is 20.4. The van der Waals surface area contributed by atoms with Gasteiger partial charge in [-0.1, -0.05) is 0 Å². The number of ketones is 1. The maximum Gasteiger partial charge on any atom is 0.299 e. The first-order valence-electron chi connectivity index (χ1n) is 8.51. The third kappa shape index (κ3) is 3.75. The molecule has 28 heavy (non-hydrogen) atoms. The number of nitrogens with zero attached hydrogens (tertiary/aromatic N) is 4. The second-order valence-corrected chi connectivity index (χ2v) is 6.38. The number of Topliss-reactive ketones (excluding diaryl/α,β-unsaturated/α-hetero) is 1. The minimum Gasteiger partial charge on any atom is -0.366 e. The fourth-order valence-corrected chi connectivity index (χ4v) is 3.21. The number of benzene rings is 2. The molecular formula is C18H17FN4O5. The monoisotopic (exact) mass is 388 g/mol. The third-order valence-electron chi connectivity index (χ3n) is 4.68. The second kappa shape index (κ2) is 7.59. The van der Waals surface area contributed by atoms with E-state index in [0.29, 0.717) is 43.1 Å². The number of nitro benzene ring substituents is 2. The summed E-state index contributed by atoms with van der Waals surface area (Å²) in [7, 11) is 0. The van der Waals surface area contributed by atoms with E-state index >= 15 is 0 Å². The van der Waals surface area contributed by atoms with Crippen molar-refractivity contribution in [3.63, 3.8) is 0 Å². The molecule has 1 saturated heterocycles. The Kier molecular flexibility index (Phi) is 5.21. The molecule has 0 aromatic heterocycles. The van der Waals surface area contributed by atoms with E-state index in [9.17, 15) is 29.4 Å². The second-order valence-electron chi connectivity index (χ2n) is 6.38. The Bertz CT molecular complexity index is 957. The molecule has 0 N–H and O–H groups in total. The molecule has 0 spiro atoms. The zero-order valence-electron chi connectivity index (χ0n) is 15.0. The molecule has 0 unspecified atom stereocenters. The van der Waals surface area contributed by atoms with E-state index in [0.717, 1.165) is 6.07 Å². The van der Waals surface area contributed by atoms with Gasteiger partial charge in [0.25, 0.3) is 11.4 Å². The molecule has 1 heterocycles. The summed E-state index contributed by atoms with van der Waals surface area (Å²) < 4.78 is 14.3. The molecule has 0 saturated carbocycles. The summed E-state index contributed by atoms with van der Waals surface area (Å²) in [4.78, 5) is 35.8. The van der Waals surface area contributed by atoms with Crippen molar-refractivity contribution in [2.45, 2.75) is 6.92 Å². The van der Waals surface area contributed by atoms with E-state index in [1.165, 1.54) is 25.1 Å². The van der Waals surface area contributed by atoms with E-state index < -0.39 is 15.7 Å². The molecule has 2 aromatic carbocycles. The fraction of sp³-hybridized carbons (Fsp3) is 0.278. The van der Waals surface area contributed by atoms with Crippen LogP contribution in [0.3, 0.4) is 0 Å². The molecule has 146 valence electrons. The van der Waals surface area contributed by atoms with Crippen LogP contribution >= 0.6 is 0 Å². The first-order chi connectivity index (χ1) is 13.3. The van der Waals surface area contributed by atoms with E-state index in [1.54, 1.807) is 21.9 Å². The average molecular weight is 388 g/mol. The van der Waals surface area contributed by atoms with Crippen LogP contribution in [0, 0.1) is 26.0 Å². The van der Waals surface area contributed by atoms with Crippen LogP contribution in [0.5, 0.6) is 0 Å². The molecular weight excluding hydrogens is 371 g/mol. The van der Waals surface area contributed by atoms with Crippen LogP contribution in [-0.2, 0) is 0 Å². The van der Waals surface area contributed by atoms with Crippen LogP contribution in [-0.4, -0.2) is 41.8 Å². The SMILES string of the molecule is CC(=O)c1ccc(N2CCN(c3ccc([N+](=O)[O-])cc3[N+](=O)[O-])CC2)c(F)c1. The van der Waals surface area contributed by atoms with Crippen LogP contribution in [0.1, 0.15) is 17.3 Å². The highest BCUT2D eigenvalue weighted by molar-refractivity contribution is 5.94. The Labute approximate surface area is 159 Å². The van der Waals surface area contributed by atoms with Crippen molar-refractivity contribution in [2.24, 2.45) is 0 Å². The van der Waals surface area contributed by atoms with Gasteiger partial charge in [0.15, 0.2) is 5.78 Å². The normalized spacial score (nSPS) is 14.1. The molecule has 1 aliphatic rings. The van der Waals surface area contributed by atoms with Gasteiger partial charge in [0.2, 0.25) is 0 Å². The molecule has 0 atom stereocenters. The number of carbonyl (C=O) groups excluding carboxylic acids is 1. The fourth-order valence-electron chi connectivity index (χ4n) is 3.21. The Hall–Kier alpha value is -3.56. The summed E-state index contributed by atoms with van der Waals surface area (Å²) in [5.74, 6) is -0.719. The highest BCUT2D eigenvalue weighted by Crippen LogP contribution is 2.33. The molecule has 9 nitrogen and oxygen atoms in total. The number of carbonyl (C=O) groups is 1. The van der Waals surface area contributed by atoms with Crippen molar-refractivity contribution in [1.29, 1.82) is 0 Å². The predicted octanol–water partition coefficient (Wildman–Crippen LogP) is 3.17. The lowest BCUT2D eigenvalue weighted by atomic mass is 10.1. The van der Waals surface area contributed by atoms with Gasteiger partial charge in [0, 0.05) is 37.8 Å². The van der Waals surface area contributed by atoms with Gasteiger partial charge >= 0.3 is 0 Å². The molecule has 3 rings (SSSR count). The van der Waals surface area contributed by atoms with Gasteiger partial charge in [-0.2, -0.15) is 0 Å². The number of non-ortho nitro benzene ring substituents is 1. The Balaban J connectivity index is 1.78. The quantitative estimate of drug-likeness (QED) is 0.439. The standard InChI is InChI=1S/C18H17FN4O5/c1-12(24)13-2-4-16(15(19)10-13)20-6-8-21(9-7-20)17-5-3-14(22(25)26)11-18(17)23(27)28/h2-5,10-11H,6-9H2,1H3. The first-order valence-corrected chi connectivity index (χ1v) is 8.51. The van der Waals surface area contributed by atoms with Gasteiger partial charge in [0.1, 0.15) is 11.5 Å². The maximum absolute atomic E-state index is 14.3. The van der Waals surface area contributed by atoms with Gasteiger partial charge in [0.05, 0.1) is 21.6 Å².